The molecule has 0 atom stereocenters. The van der Waals surface area contributed by atoms with Crippen LogP contribution in [0, 0.1) is 0 Å². The van der Waals surface area contributed by atoms with Crippen LogP contribution in [0.15, 0.2) is 51.6 Å². The minimum absolute atomic E-state index is 0.120. The highest BCUT2D eigenvalue weighted by Crippen LogP contribution is 2.28. The molecule has 0 aliphatic carbocycles. The van der Waals surface area contributed by atoms with E-state index < -0.39 is 5.97 Å². The van der Waals surface area contributed by atoms with Crippen molar-refractivity contribution in [2.75, 3.05) is 0 Å². The largest absolute Gasteiger partial charge is 0.451 e. The van der Waals surface area contributed by atoms with Gasteiger partial charge in [-0.25, -0.2) is 9.78 Å². The van der Waals surface area contributed by atoms with E-state index >= 15 is 0 Å². The molecular weight excluding hydrogens is 394 g/mol. The molecule has 9 heteroatoms. The number of hydrogen-bond acceptors (Lipinski definition) is 8. The van der Waals surface area contributed by atoms with Gasteiger partial charge in [-0.15, -0.1) is 32.9 Å². The van der Waals surface area contributed by atoms with E-state index in [-0.39, 0.29) is 18.2 Å². The second-order valence-electron chi connectivity index (χ2n) is 5.10. The van der Waals surface area contributed by atoms with Crippen LogP contribution in [-0.4, -0.2) is 21.2 Å². The number of aromatic nitrogens is 3. The van der Waals surface area contributed by atoms with Crippen LogP contribution in [0.4, 0.5) is 0 Å². The van der Waals surface area contributed by atoms with Gasteiger partial charge in [0.25, 0.3) is 5.89 Å². The zero-order valence-corrected chi connectivity index (χ0v) is 15.5. The van der Waals surface area contributed by atoms with E-state index in [9.17, 15) is 4.79 Å². The summed E-state index contributed by atoms with van der Waals surface area (Å²) in [6, 6.07) is 10.9. The van der Waals surface area contributed by atoms with E-state index in [4.69, 9.17) is 20.8 Å². The van der Waals surface area contributed by atoms with Gasteiger partial charge in [-0.3, -0.25) is 0 Å². The predicted octanol–water partition coefficient (Wildman–Crippen LogP) is 4.93. The van der Waals surface area contributed by atoms with Crippen molar-refractivity contribution in [1.29, 1.82) is 0 Å². The molecule has 0 radical (unpaired) electrons. The molecule has 0 N–H and O–H groups in total. The molecule has 26 heavy (non-hydrogen) atoms. The molecule has 3 heterocycles. The number of rotatable bonds is 5. The number of thiazole rings is 1. The van der Waals surface area contributed by atoms with Crippen LogP contribution in [0.2, 0.25) is 5.02 Å². The quantitative estimate of drug-likeness (QED) is 0.439. The van der Waals surface area contributed by atoms with Crippen LogP contribution in [0.5, 0.6) is 0 Å². The Labute approximate surface area is 161 Å². The van der Waals surface area contributed by atoms with Crippen molar-refractivity contribution in [2.45, 2.75) is 6.61 Å². The summed E-state index contributed by atoms with van der Waals surface area (Å²) in [5.74, 6) is 0.00802. The SMILES string of the molecule is O=C(OCc1nnc(-c2ccc(Cl)cc2)o1)c1csc(-c2cccs2)n1. The maximum absolute atomic E-state index is 12.1. The van der Waals surface area contributed by atoms with Gasteiger partial charge < -0.3 is 9.15 Å². The van der Waals surface area contributed by atoms with Gasteiger partial charge >= 0.3 is 5.97 Å². The normalized spacial score (nSPS) is 10.8. The molecular formula is C17H10ClN3O3S2. The Hall–Kier alpha value is -2.55. The average molecular weight is 404 g/mol. The van der Waals surface area contributed by atoms with Gasteiger partial charge in [0, 0.05) is 16.0 Å². The molecule has 0 fully saturated rings. The summed E-state index contributed by atoms with van der Waals surface area (Å²) in [4.78, 5) is 17.4. The smallest absolute Gasteiger partial charge is 0.358 e. The second-order valence-corrected chi connectivity index (χ2v) is 7.34. The Morgan fingerprint density at radius 1 is 1.15 bits per heavy atom. The highest BCUT2D eigenvalue weighted by molar-refractivity contribution is 7.20. The second kappa shape index (κ2) is 7.36. The van der Waals surface area contributed by atoms with Crippen molar-refractivity contribution in [3.05, 3.63) is 63.8 Å². The number of esters is 1. The molecule has 0 amide bonds. The third-order valence-electron chi connectivity index (χ3n) is 3.33. The number of benzene rings is 1. The molecule has 0 aliphatic heterocycles. The number of halogens is 1. The molecule has 3 aromatic heterocycles. The lowest BCUT2D eigenvalue weighted by atomic mass is 10.2. The van der Waals surface area contributed by atoms with Crippen molar-refractivity contribution in [1.82, 2.24) is 15.2 Å². The Morgan fingerprint density at radius 3 is 2.77 bits per heavy atom. The maximum atomic E-state index is 12.1. The van der Waals surface area contributed by atoms with Crippen molar-refractivity contribution < 1.29 is 13.9 Å². The van der Waals surface area contributed by atoms with Crippen molar-refractivity contribution in [2.24, 2.45) is 0 Å². The Balaban J connectivity index is 1.40. The van der Waals surface area contributed by atoms with E-state index in [0.29, 0.717) is 10.9 Å². The third kappa shape index (κ3) is 3.67. The topological polar surface area (TPSA) is 78.1 Å². The molecule has 0 saturated carbocycles. The number of hydrogen-bond donors (Lipinski definition) is 0. The van der Waals surface area contributed by atoms with Crippen LogP contribution in [-0.2, 0) is 11.3 Å². The van der Waals surface area contributed by atoms with Crippen LogP contribution in [0.3, 0.4) is 0 Å². The zero-order valence-electron chi connectivity index (χ0n) is 13.1. The summed E-state index contributed by atoms with van der Waals surface area (Å²) in [6.45, 7) is -0.120. The fourth-order valence-electron chi connectivity index (χ4n) is 2.10. The zero-order chi connectivity index (χ0) is 17.9. The van der Waals surface area contributed by atoms with E-state index in [1.165, 1.54) is 11.3 Å². The van der Waals surface area contributed by atoms with Crippen molar-refractivity contribution >= 4 is 40.2 Å². The monoisotopic (exact) mass is 403 g/mol. The lowest BCUT2D eigenvalue weighted by molar-refractivity contribution is 0.0433. The number of carbonyl (C=O) groups excluding carboxylic acids is 1. The molecule has 0 unspecified atom stereocenters. The van der Waals surface area contributed by atoms with Crippen LogP contribution >= 0.6 is 34.3 Å². The van der Waals surface area contributed by atoms with Gasteiger partial charge in [0.1, 0.15) is 5.01 Å². The summed E-state index contributed by atoms with van der Waals surface area (Å²) in [5, 5.41) is 12.9. The molecule has 0 spiro atoms. The van der Waals surface area contributed by atoms with Gasteiger partial charge in [0.2, 0.25) is 5.89 Å². The minimum Gasteiger partial charge on any atom is -0.451 e. The molecule has 4 rings (SSSR count). The summed E-state index contributed by atoms with van der Waals surface area (Å²) < 4.78 is 10.7. The third-order valence-corrected chi connectivity index (χ3v) is 5.46. The summed E-state index contributed by atoms with van der Waals surface area (Å²) in [7, 11) is 0. The Kier molecular flexibility index (Phi) is 4.79. The van der Waals surface area contributed by atoms with Crippen LogP contribution in [0.25, 0.3) is 21.3 Å². The first-order valence-corrected chi connectivity index (χ1v) is 9.57. The number of nitrogens with zero attached hydrogens (tertiary/aromatic N) is 3. The first-order chi connectivity index (χ1) is 12.7. The first kappa shape index (κ1) is 16.9. The first-order valence-electron chi connectivity index (χ1n) is 7.44. The highest BCUT2D eigenvalue weighted by atomic mass is 35.5. The summed E-state index contributed by atoms with van der Waals surface area (Å²) in [6.07, 6.45) is 0. The standard InChI is InChI=1S/C17H10ClN3O3S2/c18-11-5-3-10(4-6-11)15-21-20-14(24-15)8-23-17(22)12-9-26-16(19-12)13-2-1-7-25-13/h1-7,9H,8H2. The lowest BCUT2D eigenvalue weighted by Crippen LogP contribution is -2.05. The average Bonchev–Trinajstić information content (AvgIpc) is 3.41. The minimum atomic E-state index is -0.532. The molecule has 0 saturated heterocycles. The number of ether oxygens (including phenoxy) is 1. The van der Waals surface area contributed by atoms with Gasteiger partial charge in [-0.1, -0.05) is 17.7 Å². The Bertz CT molecular complexity index is 1030. The molecule has 130 valence electrons. The van der Waals surface area contributed by atoms with Gasteiger partial charge in [-0.2, -0.15) is 0 Å². The molecule has 4 aromatic rings. The molecule has 1 aromatic carbocycles. The fourth-order valence-corrected chi connectivity index (χ4v) is 3.83. The van der Waals surface area contributed by atoms with Gasteiger partial charge in [0.15, 0.2) is 12.3 Å². The van der Waals surface area contributed by atoms with E-state index in [0.717, 1.165) is 15.4 Å². The van der Waals surface area contributed by atoms with Crippen molar-refractivity contribution in [3.63, 3.8) is 0 Å². The molecule has 0 aliphatic rings. The molecule has 6 nitrogen and oxygen atoms in total. The van der Waals surface area contributed by atoms with Gasteiger partial charge in [-0.05, 0) is 35.7 Å². The predicted molar refractivity (Wildman–Crippen MR) is 99.3 cm³/mol. The Morgan fingerprint density at radius 2 is 2.00 bits per heavy atom. The summed E-state index contributed by atoms with van der Waals surface area (Å²) in [5.41, 5.74) is 0.996. The lowest BCUT2D eigenvalue weighted by Gasteiger charge is -1.98. The number of carbonyl (C=O) groups is 1. The van der Waals surface area contributed by atoms with E-state index in [1.54, 1.807) is 41.0 Å². The van der Waals surface area contributed by atoms with Crippen LogP contribution in [0.1, 0.15) is 16.4 Å². The van der Waals surface area contributed by atoms with Crippen molar-refractivity contribution in [3.8, 4) is 21.3 Å². The highest BCUT2D eigenvalue weighted by Gasteiger charge is 2.16. The van der Waals surface area contributed by atoms with E-state index in [1.807, 2.05) is 17.5 Å². The number of thiophene rings is 1. The summed E-state index contributed by atoms with van der Waals surface area (Å²) >= 11 is 8.82. The fraction of sp³-hybridized carbons (Fsp3) is 0.0588. The molecule has 0 bridgehead atoms. The van der Waals surface area contributed by atoms with Crippen LogP contribution < -0.4 is 0 Å². The maximum Gasteiger partial charge on any atom is 0.358 e. The van der Waals surface area contributed by atoms with E-state index in [2.05, 4.69) is 15.2 Å². The van der Waals surface area contributed by atoms with Gasteiger partial charge in [0.05, 0.1) is 4.88 Å².